The molecule has 0 spiro atoms. The smallest absolute Gasteiger partial charge is 0.0543 e. The van der Waals surface area contributed by atoms with E-state index in [0.717, 1.165) is 18.8 Å². The average molecular weight is 283 g/mol. The van der Waals surface area contributed by atoms with E-state index in [-0.39, 0.29) is 11.5 Å². The van der Waals surface area contributed by atoms with Gasteiger partial charge in [-0.2, -0.15) is 0 Å². The number of hydrogen-bond donors (Lipinski definition) is 1. The Balaban J connectivity index is 2.00. The number of hydrogen-bond acceptors (Lipinski definition) is 3. The van der Waals surface area contributed by atoms with Crippen LogP contribution in [0.5, 0.6) is 0 Å². The van der Waals surface area contributed by atoms with Gasteiger partial charge in [-0.15, -0.1) is 0 Å². The van der Waals surface area contributed by atoms with E-state index in [1.807, 2.05) is 36.5 Å². The fourth-order valence-corrected chi connectivity index (χ4v) is 2.73. The Morgan fingerprint density at radius 2 is 1.76 bits per heavy atom. The second-order valence-electron chi connectivity index (χ2n) is 6.37. The molecule has 1 aromatic carbocycles. The van der Waals surface area contributed by atoms with Gasteiger partial charge in [0, 0.05) is 25.3 Å². The van der Waals surface area contributed by atoms with E-state index in [9.17, 15) is 0 Å². The number of rotatable bonds is 6. The van der Waals surface area contributed by atoms with Crippen LogP contribution in [-0.4, -0.2) is 23.5 Å². The van der Waals surface area contributed by atoms with E-state index in [1.165, 1.54) is 5.56 Å². The number of benzene rings is 1. The Bertz CT molecular complexity index is 537. The van der Waals surface area contributed by atoms with Gasteiger partial charge in [0.2, 0.25) is 0 Å². The van der Waals surface area contributed by atoms with Gasteiger partial charge in [-0.25, -0.2) is 0 Å². The van der Waals surface area contributed by atoms with Gasteiger partial charge >= 0.3 is 0 Å². The molecule has 0 saturated carbocycles. The Morgan fingerprint density at radius 3 is 2.38 bits per heavy atom. The number of pyridine rings is 1. The second kappa shape index (κ2) is 6.83. The third kappa shape index (κ3) is 4.38. The van der Waals surface area contributed by atoms with Crippen molar-refractivity contribution in [2.24, 2.45) is 11.1 Å². The fraction of sp³-hybridized carbons (Fsp3) is 0.389. The first-order chi connectivity index (χ1) is 9.99. The van der Waals surface area contributed by atoms with E-state index in [1.54, 1.807) is 0 Å². The lowest BCUT2D eigenvalue weighted by atomic mass is 9.80. The Morgan fingerprint density at radius 1 is 1.10 bits per heavy atom. The average Bonchev–Trinajstić information content (AvgIpc) is 2.47. The molecule has 1 heterocycles. The summed E-state index contributed by atoms with van der Waals surface area (Å²) in [6.45, 7) is 6.20. The zero-order chi connectivity index (χ0) is 15.3. The first kappa shape index (κ1) is 15.7. The van der Waals surface area contributed by atoms with Crippen LogP contribution < -0.4 is 5.73 Å². The van der Waals surface area contributed by atoms with Crippen molar-refractivity contribution in [2.75, 3.05) is 13.6 Å². The normalized spacial score (nSPS) is 13.4. The van der Waals surface area contributed by atoms with Gasteiger partial charge in [0.1, 0.15) is 0 Å². The van der Waals surface area contributed by atoms with Crippen LogP contribution in [0.2, 0.25) is 0 Å². The maximum Gasteiger partial charge on any atom is 0.0543 e. The SMILES string of the molecule is CN(Cc1ccccn1)CC(C)(C)C(N)c1ccccc1. The van der Waals surface area contributed by atoms with Gasteiger partial charge < -0.3 is 5.73 Å². The zero-order valence-electron chi connectivity index (χ0n) is 13.2. The predicted molar refractivity (Wildman–Crippen MR) is 87.7 cm³/mol. The van der Waals surface area contributed by atoms with Crippen molar-refractivity contribution in [2.45, 2.75) is 26.4 Å². The highest BCUT2D eigenvalue weighted by atomic mass is 15.1. The van der Waals surface area contributed by atoms with Gasteiger partial charge in [0.15, 0.2) is 0 Å². The van der Waals surface area contributed by atoms with Crippen LogP contribution in [-0.2, 0) is 6.54 Å². The topological polar surface area (TPSA) is 42.2 Å². The molecule has 0 fully saturated rings. The molecule has 3 nitrogen and oxygen atoms in total. The summed E-state index contributed by atoms with van der Waals surface area (Å²) in [5.41, 5.74) is 8.74. The summed E-state index contributed by atoms with van der Waals surface area (Å²) in [4.78, 5) is 6.66. The molecule has 112 valence electrons. The van der Waals surface area contributed by atoms with Gasteiger partial charge in [0.25, 0.3) is 0 Å². The van der Waals surface area contributed by atoms with Crippen molar-refractivity contribution in [3.63, 3.8) is 0 Å². The van der Waals surface area contributed by atoms with Crippen molar-refractivity contribution in [3.05, 3.63) is 66.0 Å². The minimum absolute atomic E-state index is 0.00904. The van der Waals surface area contributed by atoms with Crippen LogP contribution >= 0.6 is 0 Å². The molecule has 0 amide bonds. The van der Waals surface area contributed by atoms with Gasteiger partial charge in [-0.05, 0) is 30.2 Å². The molecule has 0 radical (unpaired) electrons. The van der Waals surface area contributed by atoms with E-state index in [2.05, 4.69) is 49.0 Å². The quantitative estimate of drug-likeness (QED) is 0.885. The van der Waals surface area contributed by atoms with Crippen LogP contribution in [0.1, 0.15) is 31.1 Å². The molecule has 0 aliphatic carbocycles. The van der Waals surface area contributed by atoms with Crippen molar-refractivity contribution in [1.29, 1.82) is 0 Å². The third-order valence-corrected chi connectivity index (χ3v) is 3.84. The molecule has 2 N–H and O–H groups in total. The summed E-state index contributed by atoms with van der Waals surface area (Å²) in [5, 5.41) is 0. The highest BCUT2D eigenvalue weighted by molar-refractivity contribution is 5.20. The summed E-state index contributed by atoms with van der Waals surface area (Å²) in [7, 11) is 2.12. The lowest BCUT2D eigenvalue weighted by molar-refractivity contribution is 0.171. The Hall–Kier alpha value is -1.71. The van der Waals surface area contributed by atoms with Gasteiger partial charge in [-0.3, -0.25) is 9.88 Å². The second-order valence-corrected chi connectivity index (χ2v) is 6.37. The first-order valence-electron chi connectivity index (χ1n) is 7.38. The number of aromatic nitrogens is 1. The van der Waals surface area contributed by atoms with Crippen LogP contribution in [0.15, 0.2) is 54.7 Å². The van der Waals surface area contributed by atoms with E-state index in [4.69, 9.17) is 5.73 Å². The van der Waals surface area contributed by atoms with E-state index < -0.39 is 0 Å². The number of nitrogens with zero attached hydrogens (tertiary/aromatic N) is 2. The standard InChI is InChI=1S/C18H25N3/c1-18(2,17(19)15-9-5-4-6-10-15)14-21(3)13-16-11-7-8-12-20-16/h4-12,17H,13-14,19H2,1-3H3. The predicted octanol–water partition coefficient (Wildman–Crippen LogP) is 3.24. The molecule has 0 aliphatic heterocycles. The first-order valence-corrected chi connectivity index (χ1v) is 7.38. The van der Waals surface area contributed by atoms with Crippen molar-refractivity contribution in [1.82, 2.24) is 9.88 Å². The number of nitrogens with two attached hydrogens (primary N) is 1. The Kier molecular flexibility index (Phi) is 5.10. The van der Waals surface area contributed by atoms with Gasteiger partial charge in [-0.1, -0.05) is 50.2 Å². The van der Waals surface area contributed by atoms with E-state index in [0.29, 0.717) is 0 Å². The van der Waals surface area contributed by atoms with Crippen LogP contribution in [0.3, 0.4) is 0 Å². The van der Waals surface area contributed by atoms with Crippen molar-refractivity contribution < 1.29 is 0 Å². The lowest BCUT2D eigenvalue weighted by Gasteiger charge is -2.35. The van der Waals surface area contributed by atoms with Crippen LogP contribution in [0.25, 0.3) is 0 Å². The maximum absolute atomic E-state index is 6.47. The monoisotopic (exact) mass is 283 g/mol. The van der Waals surface area contributed by atoms with Crippen molar-refractivity contribution in [3.8, 4) is 0 Å². The molecule has 21 heavy (non-hydrogen) atoms. The third-order valence-electron chi connectivity index (χ3n) is 3.84. The molecule has 0 saturated heterocycles. The summed E-state index contributed by atoms with van der Waals surface area (Å²) in [6, 6.07) is 16.4. The molecular weight excluding hydrogens is 258 g/mol. The van der Waals surface area contributed by atoms with E-state index >= 15 is 0 Å². The summed E-state index contributed by atoms with van der Waals surface area (Å²) in [6.07, 6.45) is 1.84. The zero-order valence-corrected chi connectivity index (χ0v) is 13.2. The van der Waals surface area contributed by atoms with Crippen LogP contribution in [0.4, 0.5) is 0 Å². The summed E-state index contributed by atoms with van der Waals surface area (Å²) < 4.78 is 0. The minimum Gasteiger partial charge on any atom is -0.323 e. The highest BCUT2D eigenvalue weighted by Gasteiger charge is 2.29. The largest absolute Gasteiger partial charge is 0.323 e. The minimum atomic E-state index is -0.00904. The Labute approximate surface area is 127 Å². The molecule has 0 bridgehead atoms. The molecular formula is C18H25N3. The molecule has 1 atom stereocenters. The molecule has 1 unspecified atom stereocenters. The van der Waals surface area contributed by atoms with Crippen LogP contribution in [0, 0.1) is 5.41 Å². The molecule has 0 aliphatic rings. The highest BCUT2D eigenvalue weighted by Crippen LogP contribution is 2.32. The summed E-state index contributed by atoms with van der Waals surface area (Å²) >= 11 is 0. The summed E-state index contributed by atoms with van der Waals surface area (Å²) in [5.74, 6) is 0. The molecule has 2 rings (SSSR count). The molecule has 2 aromatic rings. The maximum atomic E-state index is 6.47. The fourth-order valence-electron chi connectivity index (χ4n) is 2.73. The molecule has 3 heteroatoms. The van der Waals surface area contributed by atoms with Gasteiger partial charge in [0.05, 0.1) is 5.69 Å². The van der Waals surface area contributed by atoms with Crippen molar-refractivity contribution >= 4 is 0 Å². The molecule has 1 aromatic heterocycles. The lowest BCUT2D eigenvalue weighted by Crippen LogP contribution is -2.39.